The number of fused-ring (bicyclic) bond motifs is 7. The van der Waals surface area contributed by atoms with E-state index >= 15 is 0 Å². The SMILES string of the molecule is C[C@H]1[C@@H]2[C@H]3CC[C@@H]4[C@@]5(C)CC[C@H](O)C(C)(C)[C@H]5CC[C@@]4(C)[C@]3(C)C[C@H](O)[C@@]2(C)CC[C@@H]1C. The van der Waals surface area contributed by atoms with Gasteiger partial charge in [-0.2, -0.15) is 0 Å². The summed E-state index contributed by atoms with van der Waals surface area (Å²) in [7, 11) is 0. The topological polar surface area (TPSA) is 40.5 Å². The summed E-state index contributed by atoms with van der Waals surface area (Å²) in [5.74, 6) is 4.23. The lowest BCUT2D eigenvalue weighted by atomic mass is 9.31. The molecular weight excluding hydrogens is 392 g/mol. The summed E-state index contributed by atoms with van der Waals surface area (Å²) < 4.78 is 0. The molecule has 12 atom stereocenters. The molecule has 0 aliphatic heterocycles. The zero-order chi connectivity index (χ0) is 23.5. The Morgan fingerprint density at radius 3 is 1.97 bits per heavy atom. The first-order valence-electron chi connectivity index (χ1n) is 14.1. The van der Waals surface area contributed by atoms with Crippen molar-refractivity contribution in [1.82, 2.24) is 0 Å². The molecular formula is C30H52O2. The first-order chi connectivity index (χ1) is 14.7. The lowest BCUT2D eigenvalue weighted by molar-refractivity contribution is -0.275. The molecule has 32 heavy (non-hydrogen) atoms. The third kappa shape index (κ3) is 2.66. The molecule has 2 nitrogen and oxygen atoms in total. The van der Waals surface area contributed by atoms with E-state index in [0.29, 0.717) is 28.6 Å². The monoisotopic (exact) mass is 444 g/mol. The molecule has 5 aliphatic carbocycles. The number of rotatable bonds is 0. The summed E-state index contributed by atoms with van der Waals surface area (Å²) in [5.41, 5.74) is 0.962. The number of aliphatic hydroxyl groups is 2. The van der Waals surface area contributed by atoms with Gasteiger partial charge in [-0.25, -0.2) is 0 Å². The summed E-state index contributed by atoms with van der Waals surface area (Å²) >= 11 is 0. The normalized spacial score (nSPS) is 61.7. The van der Waals surface area contributed by atoms with Crippen molar-refractivity contribution in [1.29, 1.82) is 0 Å². The van der Waals surface area contributed by atoms with Crippen LogP contribution in [0.1, 0.15) is 113 Å². The van der Waals surface area contributed by atoms with Crippen LogP contribution in [0.3, 0.4) is 0 Å². The molecule has 2 heteroatoms. The van der Waals surface area contributed by atoms with E-state index in [1.165, 1.54) is 44.9 Å². The average Bonchev–Trinajstić information content (AvgIpc) is 2.70. The molecule has 0 aromatic rings. The highest BCUT2D eigenvalue weighted by Crippen LogP contribution is 2.76. The summed E-state index contributed by atoms with van der Waals surface area (Å²) in [5, 5.41) is 22.7. The maximum Gasteiger partial charge on any atom is 0.0602 e. The van der Waals surface area contributed by atoms with E-state index in [4.69, 9.17) is 0 Å². The molecule has 0 heterocycles. The molecule has 5 fully saturated rings. The molecule has 0 bridgehead atoms. The Hall–Kier alpha value is -0.0800. The lowest BCUT2D eigenvalue weighted by Gasteiger charge is -2.74. The summed E-state index contributed by atoms with van der Waals surface area (Å²) in [6.07, 6.45) is 10.6. The molecule has 0 spiro atoms. The Balaban J connectivity index is 1.56. The molecule has 0 saturated heterocycles. The van der Waals surface area contributed by atoms with Crippen molar-refractivity contribution in [3.05, 3.63) is 0 Å². The fourth-order valence-corrected chi connectivity index (χ4v) is 11.7. The van der Waals surface area contributed by atoms with Crippen LogP contribution in [0.2, 0.25) is 0 Å². The van der Waals surface area contributed by atoms with Crippen LogP contribution >= 0.6 is 0 Å². The summed E-state index contributed by atoms with van der Waals surface area (Å²) in [6, 6.07) is 0. The molecule has 0 aromatic heterocycles. The Bertz CT molecular complexity index is 760. The van der Waals surface area contributed by atoms with Gasteiger partial charge in [-0.1, -0.05) is 55.4 Å². The van der Waals surface area contributed by atoms with E-state index in [1.807, 2.05) is 0 Å². The van der Waals surface area contributed by atoms with E-state index in [9.17, 15) is 10.2 Å². The van der Waals surface area contributed by atoms with E-state index in [1.54, 1.807) is 0 Å². The van der Waals surface area contributed by atoms with Crippen molar-refractivity contribution in [2.45, 2.75) is 125 Å². The maximum atomic E-state index is 11.8. The van der Waals surface area contributed by atoms with Gasteiger partial charge in [0, 0.05) is 0 Å². The number of aliphatic hydroxyl groups excluding tert-OH is 2. The van der Waals surface area contributed by atoms with Crippen molar-refractivity contribution in [2.75, 3.05) is 0 Å². The van der Waals surface area contributed by atoms with Crippen LogP contribution in [0.15, 0.2) is 0 Å². The van der Waals surface area contributed by atoms with Gasteiger partial charge in [0.15, 0.2) is 0 Å². The summed E-state index contributed by atoms with van der Waals surface area (Å²) in [6.45, 7) is 20.0. The zero-order valence-corrected chi connectivity index (χ0v) is 22.4. The second-order valence-electron chi connectivity index (χ2n) is 15.2. The van der Waals surface area contributed by atoms with Crippen LogP contribution in [0, 0.1) is 62.6 Å². The van der Waals surface area contributed by atoms with Gasteiger partial charge < -0.3 is 10.2 Å². The van der Waals surface area contributed by atoms with Crippen molar-refractivity contribution in [2.24, 2.45) is 62.6 Å². The van der Waals surface area contributed by atoms with Crippen LogP contribution in [-0.2, 0) is 0 Å². The van der Waals surface area contributed by atoms with Crippen molar-refractivity contribution in [3.63, 3.8) is 0 Å². The van der Waals surface area contributed by atoms with Crippen LogP contribution in [0.5, 0.6) is 0 Å². The maximum absolute atomic E-state index is 11.8. The molecule has 0 aromatic carbocycles. The van der Waals surface area contributed by atoms with Gasteiger partial charge in [-0.05, 0) is 120 Å². The molecule has 0 unspecified atom stereocenters. The average molecular weight is 445 g/mol. The van der Waals surface area contributed by atoms with Gasteiger partial charge in [0.05, 0.1) is 12.2 Å². The fraction of sp³-hybridized carbons (Fsp3) is 1.00. The number of hydrogen-bond acceptors (Lipinski definition) is 2. The smallest absolute Gasteiger partial charge is 0.0602 e. The van der Waals surface area contributed by atoms with Gasteiger partial charge >= 0.3 is 0 Å². The zero-order valence-electron chi connectivity index (χ0n) is 22.4. The Labute approximate surface area is 198 Å². The minimum Gasteiger partial charge on any atom is -0.393 e. The standard InChI is InChI=1S/C30H52O2/c1-18-11-14-28(6)24(32)17-30(8)20(25(28)19(18)2)9-10-22-27(5)15-13-23(31)26(3,4)21(27)12-16-29(22,30)7/h18-25,31-32H,9-17H2,1-8H3/t18-,19+,20+,21+,22+,23-,24-,25+,27-,28+,29+,30+/m0/s1. The molecule has 0 radical (unpaired) electrons. The molecule has 5 rings (SSSR count). The van der Waals surface area contributed by atoms with Gasteiger partial charge in [0.1, 0.15) is 0 Å². The van der Waals surface area contributed by atoms with E-state index in [2.05, 4.69) is 55.4 Å². The van der Waals surface area contributed by atoms with E-state index in [0.717, 1.165) is 30.6 Å². The van der Waals surface area contributed by atoms with E-state index in [-0.39, 0.29) is 28.5 Å². The third-order valence-corrected chi connectivity index (χ3v) is 14.1. The van der Waals surface area contributed by atoms with Gasteiger partial charge in [0.2, 0.25) is 0 Å². The highest BCUT2D eigenvalue weighted by Gasteiger charge is 2.71. The molecule has 0 amide bonds. The van der Waals surface area contributed by atoms with E-state index < -0.39 is 0 Å². The van der Waals surface area contributed by atoms with Crippen molar-refractivity contribution >= 4 is 0 Å². The highest BCUT2D eigenvalue weighted by molar-refractivity contribution is 5.19. The molecule has 184 valence electrons. The second kappa shape index (κ2) is 6.99. The third-order valence-electron chi connectivity index (χ3n) is 14.1. The van der Waals surface area contributed by atoms with Gasteiger partial charge in [-0.15, -0.1) is 0 Å². The highest BCUT2D eigenvalue weighted by atomic mass is 16.3. The summed E-state index contributed by atoms with van der Waals surface area (Å²) in [4.78, 5) is 0. The van der Waals surface area contributed by atoms with Gasteiger partial charge in [0.25, 0.3) is 0 Å². The van der Waals surface area contributed by atoms with Crippen LogP contribution in [-0.4, -0.2) is 22.4 Å². The first-order valence-corrected chi connectivity index (χ1v) is 14.1. The largest absolute Gasteiger partial charge is 0.393 e. The van der Waals surface area contributed by atoms with Crippen molar-refractivity contribution in [3.8, 4) is 0 Å². The predicted molar refractivity (Wildman–Crippen MR) is 132 cm³/mol. The Kier molecular flexibility index (Phi) is 5.17. The van der Waals surface area contributed by atoms with Gasteiger partial charge in [-0.3, -0.25) is 0 Å². The van der Waals surface area contributed by atoms with Crippen LogP contribution < -0.4 is 0 Å². The molecule has 5 saturated carbocycles. The minimum atomic E-state index is -0.158. The van der Waals surface area contributed by atoms with Crippen LogP contribution in [0.4, 0.5) is 0 Å². The van der Waals surface area contributed by atoms with Crippen molar-refractivity contribution < 1.29 is 10.2 Å². The number of hydrogen-bond donors (Lipinski definition) is 2. The second-order valence-corrected chi connectivity index (χ2v) is 15.2. The Morgan fingerprint density at radius 2 is 1.28 bits per heavy atom. The quantitative estimate of drug-likeness (QED) is 0.419. The lowest BCUT2D eigenvalue weighted by Crippen LogP contribution is -2.69. The molecule has 2 N–H and O–H groups in total. The minimum absolute atomic E-state index is 0.0179. The Morgan fingerprint density at radius 1 is 0.625 bits per heavy atom. The van der Waals surface area contributed by atoms with Crippen LogP contribution in [0.25, 0.3) is 0 Å². The predicted octanol–water partition coefficient (Wildman–Crippen LogP) is 7.08. The molecule has 5 aliphatic rings. The first kappa shape index (κ1) is 23.7. The fourth-order valence-electron chi connectivity index (χ4n) is 11.7.